The van der Waals surface area contributed by atoms with Crippen molar-refractivity contribution in [1.29, 1.82) is 0 Å². The van der Waals surface area contributed by atoms with Gasteiger partial charge in [-0.25, -0.2) is 0 Å². The van der Waals surface area contributed by atoms with Crippen molar-refractivity contribution in [3.63, 3.8) is 0 Å². The van der Waals surface area contributed by atoms with Gasteiger partial charge in [-0.3, -0.25) is 14.9 Å². The van der Waals surface area contributed by atoms with Gasteiger partial charge >= 0.3 is 0 Å². The summed E-state index contributed by atoms with van der Waals surface area (Å²) in [7, 11) is 2.05. The Morgan fingerprint density at radius 3 is 2.42 bits per heavy atom. The van der Waals surface area contributed by atoms with Crippen LogP contribution in [0.1, 0.15) is 22.3 Å². The smallest absolute Gasteiger partial charge is 0.269 e. The molecule has 0 aliphatic heterocycles. The van der Waals surface area contributed by atoms with E-state index in [4.69, 9.17) is 0 Å². The predicted octanol–water partition coefficient (Wildman–Crippen LogP) is 2.85. The van der Waals surface area contributed by atoms with Crippen molar-refractivity contribution in [2.24, 2.45) is 0 Å². The van der Waals surface area contributed by atoms with Crippen molar-refractivity contribution >= 4 is 11.6 Å². The highest BCUT2D eigenvalue weighted by molar-refractivity contribution is 5.94. The maximum atomic E-state index is 12.0. The second-order valence-electron chi connectivity index (χ2n) is 5.64. The molecule has 0 aliphatic carbocycles. The van der Waals surface area contributed by atoms with Gasteiger partial charge in [-0.2, -0.15) is 0 Å². The zero-order chi connectivity index (χ0) is 17.4. The molecule has 0 aliphatic rings. The average molecular weight is 327 g/mol. The van der Waals surface area contributed by atoms with Crippen molar-refractivity contribution < 1.29 is 9.72 Å². The van der Waals surface area contributed by atoms with Gasteiger partial charge in [-0.1, -0.05) is 30.3 Å². The highest BCUT2D eigenvalue weighted by Crippen LogP contribution is 2.11. The molecule has 2 aromatic carbocycles. The van der Waals surface area contributed by atoms with Crippen LogP contribution in [0.4, 0.5) is 5.69 Å². The Morgan fingerprint density at radius 2 is 1.79 bits per heavy atom. The number of amides is 1. The lowest BCUT2D eigenvalue weighted by Gasteiger charge is -2.16. The van der Waals surface area contributed by atoms with Gasteiger partial charge in [0.05, 0.1) is 4.92 Å². The summed E-state index contributed by atoms with van der Waals surface area (Å²) < 4.78 is 0. The van der Waals surface area contributed by atoms with Crippen LogP contribution in [0.2, 0.25) is 0 Å². The van der Waals surface area contributed by atoms with Crippen molar-refractivity contribution in [2.45, 2.75) is 13.0 Å². The molecule has 6 heteroatoms. The molecular weight excluding hydrogens is 306 g/mol. The number of carbonyl (C=O) groups excluding carboxylic acids is 1. The SMILES string of the molecule is CN(CCCNC(=O)c1ccc([N+](=O)[O-])cc1)Cc1ccccc1. The van der Waals surface area contributed by atoms with Crippen molar-refractivity contribution in [3.8, 4) is 0 Å². The third-order valence-corrected chi connectivity index (χ3v) is 3.64. The normalized spacial score (nSPS) is 10.6. The molecule has 1 N–H and O–H groups in total. The van der Waals surface area contributed by atoms with Gasteiger partial charge in [0.1, 0.15) is 0 Å². The van der Waals surface area contributed by atoms with Crippen LogP contribution in [0.5, 0.6) is 0 Å². The molecule has 0 saturated carbocycles. The maximum Gasteiger partial charge on any atom is 0.269 e. The van der Waals surface area contributed by atoms with E-state index >= 15 is 0 Å². The third kappa shape index (κ3) is 5.48. The zero-order valence-corrected chi connectivity index (χ0v) is 13.6. The number of nitro groups is 1. The molecule has 24 heavy (non-hydrogen) atoms. The van der Waals surface area contributed by atoms with Gasteiger partial charge in [-0.05, 0) is 37.7 Å². The molecule has 2 aromatic rings. The summed E-state index contributed by atoms with van der Waals surface area (Å²) in [6, 6.07) is 15.8. The molecule has 126 valence electrons. The minimum atomic E-state index is -0.482. The quantitative estimate of drug-likeness (QED) is 0.459. The van der Waals surface area contributed by atoms with Gasteiger partial charge in [-0.15, -0.1) is 0 Å². The lowest BCUT2D eigenvalue weighted by molar-refractivity contribution is -0.384. The molecule has 6 nitrogen and oxygen atoms in total. The Balaban J connectivity index is 1.69. The van der Waals surface area contributed by atoms with E-state index in [0.29, 0.717) is 12.1 Å². The fraction of sp³-hybridized carbons (Fsp3) is 0.278. The van der Waals surface area contributed by atoms with Gasteiger partial charge < -0.3 is 10.2 Å². The molecule has 0 bridgehead atoms. The predicted molar refractivity (Wildman–Crippen MR) is 92.8 cm³/mol. The van der Waals surface area contributed by atoms with E-state index in [1.165, 1.54) is 29.8 Å². The van der Waals surface area contributed by atoms with Gasteiger partial charge in [0, 0.05) is 30.8 Å². The van der Waals surface area contributed by atoms with Crippen LogP contribution in [0, 0.1) is 10.1 Å². The Kier molecular flexibility index (Phi) is 6.45. The third-order valence-electron chi connectivity index (χ3n) is 3.64. The highest BCUT2D eigenvalue weighted by atomic mass is 16.6. The first-order valence-electron chi connectivity index (χ1n) is 7.81. The molecule has 1 amide bonds. The fourth-order valence-electron chi connectivity index (χ4n) is 2.36. The van der Waals surface area contributed by atoms with Gasteiger partial charge in [0.2, 0.25) is 0 Å². The second kappa shape index (κ2) is 8.79. The van der Waals surface area contributed by atoms with E-state index in [1.54, 1.807) is 0 Å². The summed E-state index contributed by atoms with van der Waals surface area (Å²) in [6.45, 7) is 2.31. The van der Waals surface area contributed by atoms with E-state index in [2.05, 4.69) is 22.3 Å². The van der Waals surface area contributed by atoms with Crippen LogP contribution >= 0.6 is 0 Å². The van der Waals surface area contributed by atoms with Crippen LogP contribution in [0.15, 0.2) is 54.6 Å². The highest BCUT2D eigenvalue weighted by Gasteiger charge is 2.09. The number of carbonyl (C=O) groups is 1. The monoisotopic (exact) mass is 327 g/mol. The van der Waals surface area contributed by atoms with Crippen LogP contribution in [-0.2, 0) is 6.54 Å². The van der Waals surface area contributed by atoms with E-state index in [9.17, 15) is 14.9 Å². The molecule has 0 fully saturated rings. The Morgan fingerprint density at radius 1 is 1.12 bits per heavy atom. The lowest BCUT2D eigenvalue weighted by atomic mass is 10.2. The number of rotatable bonds is 8. The summed E-state index contributed by atoms with van der Waals surface area (Å²) in [6.07, 6.45) is 0.835. The zero-order valence-electron chi connectivity index (χ0n) is 13.6. The average Bonchev–Trinajstić information content (AvgIpc) is 2.59. The number of non-ortho nitro benzene ring substituents is 1. The number of nitro benzene ring substituents is 1. The summed E-state index contributed by atoms with van der Waals surface area (Å²) in [4.78, 5) is 24.3. The van der Waals surface area contributed by atoms with Gasteiger partial charge in [0.25, 0.3) is 11.6 Å². The molecular formula is C18H21N3O3. The lowest BCUT2D eigenvalue weighted by Crippen LogP contribution is -2.28. The second-order valence-corrected chi connectivity index (χ2v) is 5.64. The first kappa shape index (κ1) is 17.6. The number of hydrogen-bond acceptors (Lipinski definition) is 4. The summed E-state index contributed by atoms with van der Waals surface area (Å²) in [5.41, 5.74) is 1.67. The Labute approximate surface area is 141 Å². The number of nitrogens with zero attached hydrogens (tertiary/aromatic N) is 2. The molecule has 0 spiro atoms. The van der Waals surface area contributed by atoms with E-state index in [1.807, 2.05) is 25.2 Å². The fourth-order valence-corrected chi connectivity index (χ4v) is 2.36. The van der Waals surface area contributed by atoms with Gasteiger partial charge in [0.15, 0.2) is 0 Å². The summed E-state index contributed by atoms with van der Waals surface area (Å²) >= 11 is 0. The number of benzene rings is 2. The molecule has 0 heterocycles. The van der Waals surface area contributed by atoms with E-state index in [-0.39, 0.29) is 11.6 Å². The van der Waals surface area contributed by atoms with Crippen molar-refractivity contribution in [1.82, 2.24) is 10.2 Å². The standard InChI is InChI=1S/C18H21N3O3/c1-20(14-15-6-3-2-4-7-15)13-5-12-19-18(22)16-8-10-17(11-9-16)21(23)24/h2-4,6-11H,5,12-14H2,1H3,(H,19,22). The molecule has 0 unspecified atom stereocenters. The first-order valence-corrected chi connectivity index (χ1v) is 7.81. The molecule has 2 rings (SSSR count). The topological polar surface area (TPSA) is 75.5 Å². The van der Waals surface area contributed by atoms with Crippen LogP contribution in [-0.4, -0.2) is 35.9 Å². The maximum absolute atomic E-state index is 12.0. The van der Waals surface area contributed by atoms with Crippen molar-refractivity contribution in [2.75, 3.05) is 20.1 Å². The molecule has 0 saturated heterocycles. The molecule has 0 atom stereocenters. The minimum absolute atomic E-state index is 0.0194. The summed E-state index contributed by atoms with van der Waals surface area (Å²) in [5.74, 6) is -0.212. The number of hydrogen-bond donors (Lipinski definition) is 1. The largest absolute Gasteiger partial charge is 0.352 e. The number of nitrogens with one attached hydrogen (secondary N) is 1. The van der Waals surface area contributed by atoms with Crippen molar-refractivity contribution in [3.05, 3.63) is 75.8 Å². The van der Waals surface area contributed by atoms with E-state index in [0.717, 1.165) is 19.5 Å². The molecule has 0 aromatic heterocycles. The Bertz CT molecular complexity index is 672. The van der Waals surface area contributed by atoms with E-state index < -0.39 is 4.92 Å². The molecule has 0 radical (unpaired) electrons. The Hall–Kier alpha value is -2.73. The minimum Gasteiger partial charge on any atom is -0.352 e. The summed E-state index contributed by atoms with van der Waals surface area (Å²) in [5, 5.41) is 13.4. The van der Waals surface area contributed by atoms with Crippen LogP contribution in [0.25, 0.3) is 0 Å². The van der Waals surface area contributed by atoms with Crippen LogP contribution in [0.3, 0.4) is 0 Å². The van der Waals surface area contributed by atoms with Crippen LogP contribution < -0.4 is 5.32 Å². The first-order chi connectivity index (χ1) is 11.6.